The van der Waals surface area contributed by atoms with Crippen LogP contribution in [0.4, 0.5) is 0 Å². The van der Waals surface area contributed by atoms with Gasteiger partial charge in [0.1, 0.15) is 6.33 Å². The lowest BCUT2D eigenvalue weighted by molar-refractivity contribution is -0.143. The van der Waals surface area contributed by atoms with Gasteiger partial charge in [0.25, 0.3) is 0 Å². The molecule has 1 aromatic heterocycles. The third kappa shape index (κ3) is 4.57. The lowest BCUT2D eigenvalue weighted by Gasteiger charge is -2.16. The van der Waals surface area contributed by atoms with E-state index in [-0.39, 0.29) is 17.7 Å². The number of hydrogen-bond acceptors (Lipinski definition) is 5. The molecule has 0 aliphatic rings. The summed E-state index contributed by atoms with van der Waals surface area (Å²) in [6.45, 7) is 5.72. The van der Waals surface area contributed by atoms with Gasteiger partial charge in [0.05, 0.1) is 24.4 Å². The highest BCUT2D eigenvalue weighted by molar-refractivity contribution is 5.69. The van der Waals surface area contributed by atoms with Crippen molar-refractivity contribution in [2.24, 2.45) is 0 Å². The van der Waals surface area contributed by atoms with Crippen molar-refractivity contribution in [3.8, 4) is 5.69 Å². The van der Waals surface area contributed by atoms with E-state index in [9.17, 15) is 14.7 Å². The maximum atomic E-state index is 12.5. The Morgan fingerprint density at radius 3 is 2.52 bits per heavy atom. The van der Waals surface area contributed by atoms with Crippen molar-refractivity contribution in [2.45, 2.75) is 52.2 Å². The van der Waals surface area contributed by atoms with Gasteiger partial charge in [-0.05, 0) is 44.4 Å². The zero-order valence-electron chi connectivity index (χ0n) is 14.9. The Kier molecular flexibility index (Phi) is 6.52. The summed E-state index contributed by atoms with van der Waals surface area (Å²) in [5.74, 6) is -0.215. The summed E-state index contributed by atoms with van der Waals surface area (Å²) in [4.78, 5) is 23.9. The first-order chi connectivity index (χ1) is 12.0. The zero-order chi connectivity index (χ0) is 18.4. The summed E-state index contributed by atoms with van der Waals surface area (Å²) in [5.41, 5.74) is 1.40. The first-order valence-corrected chi connectivity index (χ1v) is 8.57. The van der Waals surface area contributed by atoms with Crippen molar-refractivity contribution >= 4 is 5.97 Å². The Morgan fingerprint density at radius 1 is 1.28 bits per heavy atom. The van der Waals surface area contributed by atoms with E-state index in [1.54, 1.807) is 13.8 Å². The summed E-state index contributed by atoms with van der Waals surface area (Å²) in [5, 5.41) is 13.9. The van der Waals surface area contributed by atoms with E-state index in [0.717, 1.165) is 5.56 Å². The number of aliphatic hydroxyl groups is 1. The topological polar surface area (TPSA) is 86.3 Å². The molecule has 7 nitrogen and oxygen atoms in total. The van der Waals surface area contributed by atoms with E-state index in [1.165, 1.54) is 15.6 Å². The minimum Gasteiger partial charge on any atom is -0.466 e. The van der Waals surface area contributed by atoms with Crippen LogP contribution >= 0.6 is 0 Å². The molecular weight excluding hydrogens is 322 g/mol. The van der Waals surface area contributed by atoms with Crippen LogP contribution in [-0.2, 0) is 16.0 Å². The lowest BCUT2D eigenvalue weighted by atomic mass is 10.1. The Labute approximate surface area is 146 Å². The smallest absolute Gasteiger partial charge is 0.350 e. The second-order valence-corrected chi connectivity index (χ2v) is 5.92. The quantitative estimate of drug-likeness (QED) is 0.737. The van der Waals surface area contributed by atoms with Gasteiger partial charge in [0, 0.05) is 6.42 Å². The van der Waals surface area contributed by atoms with E-state index in [0.29, 0.717) is 31.6 Å². The van der Waals surface area contributed by atoms with Crippen molar-refractivity contribution in [1.82, 2.24) is 14.3 Å². The van der Waals surface area contributed by atoms with Crippen molar-refractivity contribution < 1.29 is 14.6 Å². The number of hydrogen-bond donors (Lipinski definition) is 1. The summed E-state index contributed by atoms with van der Waals surface area (Å²) in [6, 6.07) is 7.04. The molecule has 0 spiro atoms. The molecular formula is C18H25N3O4. The Balaban J connectivity index is 2.14. The number of ether oxygens (including phenoxy) is 1. The number of rotatable bonds is 8. The van der Waals surface area contributed by atoms with Crippen LogP contribution in [-0.4, -0.2) is 38.1 Å². The molecule has 25 heavy (non-hydrogen) atoms. The Hall–Kier alpha value is -2.41. The SMILES string of the molecule is CCOC(=O)CCc1ccc(-n2cnn(C(CC)C(C)O)c2=O)cc1. The molecule has 0 saturated heterocycles. The summed E-state index contributed by atoms with van der Waals surface area (Å²) in [7, 11) is 0. The van der Waals surface area contributed by atoms with Gasteiger partial charge < -0.3 is 9.84 Å². The predicted molar refractivity (Wildman–Crippen MR) is 93.8 cm³/mol. The molecule has 7 heteroatoms. The minimum absolute atomic E-state index is 0.215. The van der Waals surface area contributed by atoms with Crippen molar-refractivity contribution in [3.63, 3.8) is 0 Å². The highest BCUT2D eigenvalue weighted by Crippen LogP contribution is 2.14. The van der Waals surface area contributed by atoms with Gasteiger partial charge in [-0.3, -0.25) is 4.79 Å². The molecule has 0 amide bonds. The second kappa shape index (κ2) is 8.62. The Bertz CT molecular complexity index is 746. The second-order valence-electron chi connectivity index (χ2n) is 5.92. The molecule has 0 aliphatic carbocycles. The highest BCUT2D eigenvalue weighted by atomic mass is 16.5. The van der Waals surface area contributed by atoms with Crippen LogP contribution in [0.3, 0.4) is 0 Å². The van der Waals surface area contributed by atoms with Gasteiger partial charge in [0.2, 0.25) is 0 Å². The standard InChI is InChI=1S/C18H25N3O4/c1-4-16(13(3)22)21-18(24)20(12-19-21)15-9-6-14(7-10-15)8-11-17(23)25-5-2/h6-7,9-10,12-13,16,22H,4-5,8,11H2,1-3H3. The van der Waals surface area contributed by atoms with Crippen molar-refractivity contribution in [3.05, 3.63) is 46.6 Å². The van der Waals surface area contributed by atoms with E-state index in [4.69, 9.17) is 4.74 Å². The van der Waals surface area contributed by atoms with Gasteiger partial charge in [-0.15, -0.1) is 0 Å². The highest BCUT2D eigenvalue weighted by Gasteiger charge is 2.19. The molecule has 2 unspecified atom stereocenters. The van der Waals surface area contributed by atoms with Crippen LogP contribution in [0.15, 0.2) is 35.4 Å². The normalized spacial score (nSPS) is 13.4. The average Bonchev–Trinajstić information content (AvgIpc) is 2.96. The molecule has 0 aliphatic heterocycles. The molecule has 0 radical (unpaired) electrons. The Morgan fingerprint density at radius 2 is 1.96 bits per heavy atom. The van der Waals surface area contributed by atoms with Crippen LogP contribution in [0.5, 0.6) is 0 Å². The summed E-state index contributed by atoms with van der Waals surface area (Å²) >= 11 is 0. The first-order valence-electron chi connectivity index (χ1n) is 8.57. The molecule has 2 aromatic rings. The maximum Gasteiger partial charge on any atom is 0.350 e. The first kappa shape index (κ1) is 18.9. The maximum absolute atomic E-state index is 12.5. The molecule has 1 heterocycles. The fourth-order valence-electron chi connectivity index (χ4n) is 2.74. The third-order valence-corrected chi connectivity index (χ3v) is 4.12. The molecule has 1 N–H and O–H groups in total. The molecule has 0 bridgehead atoms. The predicted octanol–water partition coefficient (Wildman–Crippen LogP) is 1.86. The van der Waals surface area contributed by atoms with Crippen LogP contribution in [0, 0.1) is 0 Å². The van der Waals surface area contributed by atoms with Crippen molar-refractivity contribution in [2.75, 3.05) is 6.61 Å². The lowest BCUT2D eigenvalue weighted by Crippen LogP contribution is -2.32. The molecule has 2 atom stereocenters. The van der Waals surface area contributed by atoms with E-state index in [1.807, 2.05) is 31.2 Å². The fraction of sp³-hybridized carbons (Fsp3) is 0.500. The van der Waals surface area contributed by atoms with Crippen LogP contribution in [0.25, 0.3) is 5.69 Å². The van der Waals surface area contributed by atoms with Gasteiger partial charge in [-0.1, -0.05) is 19.1 Å². The number of aliphatic hydroxyl groups excluding tert-OH is 1. The van der Waals surface area contributed by atoms with E-state index < -0.39 is 6.10 Å². The van der Waals surface area contributed by atoms with Gasteiger partial charge >= 0.3 is 11.7 Å². The number of esters is 1. The molecule has 0 fully saturated rings. The van der Waals surface area contributed by atoms with Gasteiger partial charge in [0.15, 0.2) is 0 Å². The average molecular weight is 347 g/mol. The summed E-state index contributed by atoms with van der Waals surface area (Å²) in [6.07, 6.45) is 2.34. The van der Waals surface area contributed by atoms with E-state index >= 15 is 0 Å². The number of carbonyl (C=O) groups is 1. The molecule has 136 valence electrons. The number of carbonyl (C=O) groups excluding carboxylic acids is 1. The monoisotopic (exact) mass is 347 g/mol. The number of aromatic nitrogens is 3. The summed E-state index contributed by atoms with van der Waals surface area (Å²) < 4.78 is 7.67. The number of benzene rings is 1. The largest absolute Gasteiger partial charge is 0.466 e. The van der Waals surface area contributed by atoms with Gasteiger partial charge in [-0.25, -0.2) is 14.0 Å². The van der Waals surface area contributed by atoms with Crippen LogP contribution in [0.2, 0.25) is 0 Å². The molecule has 2 rings (SSSR count). The molecule has 1 aromatic carbocycles. The van der Waals surface area contributed by atoms with Crippen molar-refractivity contribution in [1.29, 1.82) is 0 Å². The molecule has 0 saturated carbocycles. The number of aryl methyl sites for hydroxylation is 1. The van der Waals surface area contributed by atoms with Crippen LogP contribution in [0.1, 0.15) is 45.2 Å². The third-order valence-electron chi connectivity index (χ3n) is 4.12. The number of nitrogens with zero attached hydrogens (tertiary/aromatic N) is 3. The fourth-order valence-corrected chi connectivity index (χ4v) is 2.74. The van der Waals surface area contributed by atoms with E-state index in [2.05, 4.69) is 5.10 Å². The van der Waals surface area contributed by atoms with Crippen LogP contribution < -0.4 is 5.69 Å². The zero-order valence-corrected chi connectivity index (χ0v) is 14.9. The minimum atomic E-state index is -0.656. The van der Waals surface area contributed by atoms with Gasteiger partial charge in [-0.2, -0.15) is 5.10 Å².